The minimum atomic E-state index is -0.907. The molecule has 1 saturated carbocycles. The predicted molar refractivity (Wildman–Crippen MR) is 115 cm³/mol. The summed E-state index contributed by atoms with van der Waals surface area (Å²) in [5.41, 5.74) is 0.137. The average Bonchev–Trinajstić information content (AvgIpc) is 2.94. The number of nitrogens with zero attached hydrogens (tertiary/aromatic N) is 3. The number of carbonyl (C=O) groups is 2. The number of hydrogen-bond donors (Lipinski definition) is 1. The van der Waals surface area contributed by atoms with Crippen molar-refractivity contribution in [2.75, 3.05) is 16.8 Å². The van der Waals surface area contributed by atoms with E-state index in [0.717, 1.165) is 6.42 Å². The normalized spacial score (nSPS) is 17.1. The molecule has 2 aliphatic rings. The number of halogens is 2. The molecule has 0 radical (unpaired) electrons. The van der Waals surface area contributed by atoms with E-state index in [4.69, 9.17) is 29.1 Å². The number of benzene rings is 2. The van der Waals surface area contributed by atoms with Gasteiger partial charge < -0.3 is 10.2 Å². The van der Waals surface area contributed by atoms with Crippen LogP contribution in [0.5, 0.6) is 0 Å². The minimum Gasteiger partial charge on any atom is -0.355 e. The molecular formula is C21H16ClFN4O2S. The van der Waals surface area contributed by atoms with Gasteiger partial charge in [-0.3, -0.25) is 14.5 Å². The molecule has 152 valence electrons. The van der Waals surface area contributed by atoms with Gasteiger partial charge in [-0.2, -0.15) is 5.26 Å². The molecule has 0 bridgehead atoms. The van der Waals surface area contributed by atoms with Crippen LogP contribution in [-0.2, 0) is 4.79 Å². The summed E-state index contributed by atoms with van der Waals surface area (Å²) in [5.74, 6) is -1.48. The largest absolute Gasteiger partial charge is 0.355 e. The topological polar surface area (TPSA) is 76.4 Å². The fraction of sp³-hybridized carbons (Fsp3) is 0.238. The van der Waals surface area contributed by atoms with Crippen LogP contribution in [0.2, 0.25) is 5.02 Å². The molecule has 2 fully saturated rings. The Morgan fingerprint density at radius 1 is 1.30 bits per heavy atom. The zero-order valence-electron chi connectivity index (χ0n) is 15.9. The lowest BCUT2D eigenvalue weighted by molar-refractivity contribution is -0.123. The lowest BCUT2D eigenvalue weighted by Crippen LogP contribution is -2.55. The Bertz CT molecular complexity index is 1140. The van der Waals surface area contributed by atoms with E-state index < -0.39 is 17.3 Å². The van der Waals surface area contributed by atoms with E-state index in [-0.39, 0.29) is 21.6 Å². The molecule has 30 heavy (non-hydrogen) atoms. The SMILES string of the molecule is CNC(=O)c1ccc(N2C(=S)N(c3ccc(C#N)cc3Cl)C(=O)C23CCC3)cc1F. The maximum atomic E-state index is 14.6. The van der Waals surface area contributed by atoms with Crippen LogP contribution in [0.4, 0.5) is 15.8 Å². The molecule has 1 heterocycles. The Morgan fingerprint density at radius 3 is 2.57 bits per heavy atom. The molecule has 0 atom stereocenters. The molecule has 0 unspecified atom stereocenters. The molecule has 1 aliphatic heterocycles. The molecule has 1 spiro atoms. The van der Waals surface area contributed by atoms with Crippen LogP contribution in [0.15, 0.2) is 36.4 Å². The summed E-state index contributed by atoms with van der Waals surface area (Å²) in [4.78, 5) is 28.2. The Morgan fingerprint density at radius 2 is 2.03 bits per heavy atom. The number of rotatable bonds is 3. The molecule has 9 heteroatoms. The summed E-state index contributed by atoms with van der Waals surface area (Å²) in [6.07, 6.45) is 1.96. The summed E-state index contributed by atoms with van der Waals surface area (Å²) in [7, 11) is 1.42. The summed E-state index contributed by atoms with van der Waals surface area (Å²) in [6.45, 7) is 0. The number of thiocarbonyl (C=S) groups is 1. The zero-order valence-corrected chi connectivity index (χ0v) is 17.5. The molecule has 6 nitrogen and oxygen atoms in total. The summed E-state index contributed by atoms with van der Waals surface area (Å²) in [6, 6.07) is 10.8. The van der Waals surface area contributed by atoms with Crippen LogP contribution < -0.4 is 15.1 Å². The van der Waals surface area contributed by atoms with E-state index >= 15 is 0 Å². The highest BCUT2D eigenvalue weighted by atomic mass is 35.5. The third-order valence-electron chi connectivity index (χ3n) is 5.59. The fourth-order valence-corrected chi connectivity index (χ4v) is 4.64. The van der Waals surface area contributed by atoms with E-state index in [1.807, 2.05) is 6.07 Å². The maximum Gasteiger partial charge on any atom is 0.259 e. The molecule has 1 saturated heterocycles. The molecular weight excluding hydrogens is 427 g/mol. The Hall–Kier alpha value is -3.02. The number of nitriles is 1. The highest BCUT2D eigenvalue weighted by Crippen LogP contribution is 2.48. The smallest absolute Gasteiger partial charge is 0.259 e. The highest BCUT2D eigenvalue weighted by molar-refractivity contribution is 7.81. The third kappa shape index (κ3) is 2.85. The van der Waals surface area contributed by atoms with Crippen molar-refractivity contribution in [3.8, 4) is 6.07 Å². The van der Waals surface area contributed by atoms with E-state index in [1.54, 1.807) is 23.1 Å². The van der Waals surface area contributed by atoms with Crippen LogP contribution in [-0.4, -0.2) is 29.5 Å². The van der Waals surface area contributed by atoms with E-state index in [1.165, 1.54) is 30.1 Å². The predicted octanol–water partition coefficient (Wildman–Crippen LogP) is 3.77. The second-order valence-electron chi connectivity index (χ2n) is 7.16. The first-order valence-corrected chi connectivity index (χ1v) is 10.0. The summed E-state index contributed by atoms with van der Waals surface area (Å²) in [5, 5.41) is 11.9. The second kappa shape index (κ2) is 7.35. The lowest BCUT2D eigenvalue weighted by Gasteiger charge is -2.43. The van der Waals surface area contributed by atoms with Crippen molar-refractivity contribution in [2.24, 2.45) is 0 Å². The van der Waals surface area contributed by atoms with Gasteiger partial charge in [-0.15, -0.1) is 0 Å². The molecule has 4 rings (SSSR count). The second-order valence-corrected chi connectivity index (χ2v) is 7.94. The van der Waals surface area contributed by atoms with Gasteiger partial charge in [0, 0.05) is 12.7 Å². The Kier molecular flexibility index (Phi) is 4.96. The first-order valence-electron chi connectivity index (χ1n) is 9.24. The number of carbonyl (C=O) groups excluding carboxylic acids is 2. The Balaban J connectivity index is 1.79. The average molecular weight is 443 g/mol. The van der Waals surface area contributed by atoms with Crippen molar-refractivity contribution in [2.45, 2.75) is 24.8 Å². The summed E-state index contributed by atoms with van der Waals surface area (Å²) >= 11 is 12.0. The first kappa shape index (κ1) is 20.3. The molecule has 2 aromatic rings. The van der Waals surface area contributed by atoms with Crippen molar-refractivity contribution >= 4 is 52.1 Å². The van der Waals surface area contributed by atoms with Gasteiger partial charge in [0.05, 0.1) is 27.9 Å². The van der Waals surface area contributed by atoms with Crippen molar-refractivity contribution in [1.82, 2.24) is 5.32 Å². The minimum absolute atomic E-state index is 0.0904. The number of hydrogen-bond acceptors (Lipinski definition) is 4. The molecule has 1 aliphatic carbocycles. The lowest BCUT2D eigenvalue weighted by atomic mass is 9.75. The molecule has 2 amide bonds. The van der Waals surface area contributed by atoms with Gasteiger partial charge in [0.25, 0.3) is 11.8 Å². The molecule has 2 aromatic carbocycles. The van der Waals surface area contributed by atoms with Gasteiger partial charge in [0.15, 0.2) is 5.11 Å². The Labute approximate surface area is 182 Å². The van der Waals surface area contributed by atoms with Crippen LogP contribution in [0.25, 0.3) is 0 Å². The monoisotopic (exact) mass is 442 g/mol. The van der Waals surface area contributed by atoms with Gasteiger partial charge in [0.1, 0.15) is 11.4 Å². The first-order chi connectivity index (χ1) is 14.3. The van der Waals surface area contributed by atoms with Crippen LogP contribution in [0, 0.1) is 17.1 Å². The van der Waals surface area contributed by atoms with Crippen LogP contribution >= 0.6 is 23.8 Å². The van der Waals surface area contributed by atoms with Crippen LogP contribution in [0.3, 0.4) is 0 Å². The van der Waals surface area contributed by atoms with Gasteiger partial charge in [-0.1, -0.05) is 11.6 Å². The number of nitrogens with one attached hydrogen (secondary N) is 1. The van der Waals surface area contributed by atoms with E-state index in [0.29, 0.717) is 29.8 Å². The van der Waals surface area contributed by atoms with Crippen molar-refractivity contribution < 1.29 is 14.0 Å². The third-order valence-corrected chi connectivity index (χ3v) is 6.26. The van der Waals surface area contributed by atoms with E-state index in [2.05, 4.69) is 5.32 Å². The summed E-state index contributed by atoms with van der Waals surface area (Å²) < 4.78 is 14.6. The van der Waals surface area contributed by atoms with Crippen LogP contribution in [0.1, 0.15) is 35.2 Å². The van der Waals surface area contributed by atoms with Crippen molar-refractivity contribution in [3.63, 3.8) is 0 Å². The van der Waals surface area contributed by atoms with Gasteiger partial charge in [0.2, 0.25) is 0 Å². The standard InChI is InChI=1S/C21H16ClFN4O2S/c1-25-18(28)14-5-4-13(10-16(14)23)27-20(30)26(19(29)21(27)7-2-8-21)17-6-3-12(11-24)9-15(17)22/h3-6,9-10H,2,7-8H2,1H3,(H,25,28). The molecule has 1 N–H and O–H groups in total. The number of amides is 2. The molecule has 0 aromatic heterocycles. The zero-order chi connectivity index (χ0) is 21.6. The van der Waals surface area contributed by atoms with Crippen molar-refractivity contribution in [1.29, 1.82) is 5.26 Å². The maximum absolute atomic E-state index is 14.6. The van der Waals surface area contributed by atoms with Crippen molar-refractivity contribution in [3.05, 3.63) is 58.4 Å². The van der Waals surface area contributed by atoms with Gasteiger partial charge >= 0.3 is 0 Å². The van der Waals surface area contributed by atoms with Gasteiger partial charge in [-0.05, 0) is 67.9 Å². The van der Waals surface area contributed by atoms with Gasteiger partial charge in [-0.25, -0.2) is 4.39 Å². The number of anilines is 2. The highest BCUT2D eigenvalue weighted by Gasteiger charge is 2.59. The fourth-order valence-electron chi connectivity index (χ4n) is 3.91. The van der Waals surface area contributed by atoms with E-state index in [9.17, 15) is 14.0 Å². The quantitative estimate of drug-likeness (QED) is 0.732.